The van der Waals surface area contributed by atoms with Crippen LogP contribution in [0.3, 0.4) is 0 Å². The zero-order valence-corrected chi connectivity index (χ0v) is 31.7. The first-order valence-corrected chi connectivity index (χ1v) is 19.8. The molecule has 0 saturated heterocycles. The molecule has 1 heterocycles. The zero-order valence-electron chi connectivity index (χ0n) is 31.7. The molecular formula is C55H36N2. The Balaban J connectivity index is 0.956. The van der Waals surface area contributed by atoms with Gasteiger partial charge < -0.3 is 0 Å². The summed E-state index contributed by atoms with van der Waals surface area (Å²) in [7, 11) is 0. The van der Waals surface area contributed by atoms with Crippen molar-refractivity contribution >= 4 is 54.0 Å². The lowest BCUT2D eigenvalue weighted by Crippen LogP contribution is -2.14. The molecule has 0 fully saturated rings. The SMILES string of the molecule is CC1(C)c2ccccc2-c2ccc(-c3ccc(-c4nc(-c5ccc(-c6ccc7ccc8cccc9ccc6c7c89)cc5)nc5c4ccc4ccccc45)cc3)cc21. The van der Waals surface area contributed by atoms with Gasteiger partial charge in [-0.1, -0.05) is 184 Å². The number of hydrogen-bond donors (Lipinski definition) is 0. The topological polar surface area (TPSA) is 25.8 Å². The maximum Gasteiger partial charge on any atom is 0.160 e. The molecule has 10 aromatic carbocycles. The van der Waals surface area contributed by atoms with Crippen LogP contribution in [0.1, 0.15) is 25.0 Å². The Morgan fingerprint density at radius 3 is 1.77 bits per heavy atom. The number of rotatable bonds is 4. The van der Waals surface area contributed by atoms with E-state index < -0.39 is 0 Å². The van der Waals surface area contributed by atoms with E-state index in [1.165, 1.54) is 82.2 Å². The minimum absolute atomic E-state index is 0.0406. The van der Waals surface area contributed by atoms with Crippen LogP contribution in [0.4, 0.5) is 0 Å². The summed E-state index contributed by atoms with van der Waals surface area (Å²) >= 11 is 0. The quantitative estimate of drug-likeness (QED) is 0.169. The first kappa shape index (κ1) is 32.1. The smallest absolute Gasteiger partial charge is 0.160 e. The largest absolute Gasteiger partial charge is 0.227 e. The summed E-state index contributed by atoms with van der Waals surface area (Å²) in [6.07, 6.45) is 0. The molecule has 0 spiro atoms. The van der Waals surface area contributed by atoms with Gasteiger partial charge in [-0.3, -0.25) is 0 Å². The molecular weight excluding hydrogens is 689 g/mol. The molecule has 0 atom stereocenters. The molecule has 0 N–H and O–H groups in total. The van der Waals surface area contributed by atoms with Crippen LogP contribution in [0.5, 0.6) is 0 Å². The van der Waals surface area contributed by atoms with Gasteiger partial charge in [0.2, 0.25) is 0 Å². The van der Waals surface area contributed by atoms with E-state index in [4.69, 9.17) is 9.97 Å². The van der Waals surface area contributed by atoms with Crippen molar-refractivity contribution in [2.75, 3.05) is 0 Å². The molecule has 1 aliphatic rings. The molecule has 0 unspecified atom stereocenters. The van der Waals surface area contributed by atoms with E-state index in [-0.39, 0.29) is 5.41 Å². The average molecular weight is 725 g/mol. The Labute approximate surface area is 331 Å². The molecule has 0 bridgehead atoms. The highest BCUT2D eigenvalue weighted by atomic mass is 14.9. The highest BCUT2D eigenvalue weighted by molar-refractivity contribution is 6.25. The second-order valence-electron chi connectivity index (χ2n) is 16.1. The Kier molecular flexibility index (Phi) is 6.72. The standard InChI is InChI=1S/C55H36N2/c1-55(2)48-13-6-5-12-44(48)45-29-27-41(32-49(45)55)33-14-20-39(21-15-33)52-47-31-24-34-8-3-4-11-43(34)53(47)57-54(56-52)40-22-16-35(17-23-40)42-28-25-38-19-18-36-9-7-10-37-26-30-46(42)51(38)50(36)37/h3-32H,1-2H3. The van der Waals surface area contributed by atoms with Gasteiger partial charge in [-0.15, -0.1) is 0 Å². The van der Waals surface area contributed by atoms with E-state index in [0.717, 1.165) is 38.9 Å². The van der Waals surface area contributed by atoms with Crippen LogP contribution in [0, 0.1) is 0 Å². The number of nitrogens with zero attached hydrogens (tertiary/aromatic N) is 2. The van der Waals surface area contributed by atoms with Crippen molar-refractivity contribution in [1.82, 2.24) is 9.97 Å². The number of hydrogen-bond acceptors (Lipinski definition) is 2. The molecule has 0 amide bonds. The van der Waals surface area contributed by atoms with Crippen LogP contribution in [0.25, 0.3) is 110 Å². The van der Waals surface area contributed by atoms with Gasteiger partial charge in [0, 0.05) is 27.3 Å². The molecule has 0 radical (unpaired) electrons. The molecule has 12 rings (SSSR count). The Morgan fingerprint density at radius 2 is 0.930 bits per heavy atom. The number of fused-ring (bicyclic) bond motifs is 6. The zero-order chi connectivity index (χ0) is 37.8. The normalized spacial score (nSPS) is 13.2. The first-order chi connectivity index (χ1) is 28.0. The van der Waals surface area contributed by atoms with Gasteiger partial charge >= 0.3 is 0 Å². The van der Waals surface area contributed by atoms with Crippen LogP contribution in [-0.4, -0.2) is 9.97 Å². The van der Waals surface area contributed by atoms with Crippen molar-refractivity contribution in [3.8, 4) is 56.0 Å². The summed E-state index contributed by atoms with van der Waals surface area (Å²) in [5.74, 6) is 0.722. The third kappa shape index (κ3) is 4.77. The predicted molar refractivity (Wildman–Crippen MR) is 240 cm³/mol. The van der Waals surface area contributed by atoms with Crippen molar-refractivity contribution < 1.29 is 0 Å². The van der Waals surface area contributed by atoms with E-state index in [2.05, 4.69) is 196 Å². The number of benzene rings is 10. The monoisotopic (exact) mass is 724 g/mol. The molecule has 0 saturated carbocycles. The fourth-order valence-electron chi connectivity index (χ4n) is 9.70. The van der Waals surface area contributed by atoms with Crippen molar-refractivity contribution in [3.05, 3.63) is 193 Å². The third-order valence-corrected chi connectivity index (χ3v) is 12.6. The van der Waals surface area contributed by atoms with Crippen LogP contribution in [0.2, 0.25) is 0 Å². The van der Waals surface area contributed by atoms with Crippen molar-refractivity contribution in [1.29, 1.82) is 0 Å². The van der Waals surface area contributed by atoms with E-state index >= 15 is 0 Å². The predicted octanol–water partition coefficient (Wildman–Crippen LogP) is 14.7. The highest BCUT2D eigenvalue weighted by Crippen LogP contribution is 2.49. The lowest BCUT2D eigenvalue weighted by Gasteiger charge is -2.22. The molecule has 2 heteroatoms. The fraction of sp³-hybridized carbons (Fsp3) is 0.0545. The summed E-state index contributed by atoms with van der Waals surface area (Å²) < 4.78 is 0. The summed E-state index contributed by atoms with van der Waals surface area (Å²) in [5, 5.41) is 11.1. The summed E-state index contributed by atoms with van der Waals surface area (Å²) in [6.45, 7) is 4.68. The van der Waals surface area contributed by atoms with Gasteiger partial charge in [-0.25, -0.2) is 9.97 Å². The second-order valence-corrected chi connectivity index (χ2v) is 16.1. The van der Waals surface area contributed by atoms with Gasteiger partial charge in [0.15, 0.2) is 5.82 Å². The first-order valence-electron chi connectivity index (χ1n) is 19.8. The summed E-state index contributed by atoms with van der Waals surface area (Å²) in [5.41, 5.74) is 14.2. The maximum atomic E-state index is 5.34. The van der Waals surface area contributed by atoms with E-state index in [1.54, 1.807) is 0 Å². The van der Waals surface area contributed by atoms with Crippen LogP contribution in [-0.2, 0) is 5.41 Å². The Morgan fingerprint density at radius 1 is 0.351 bits per heavy atom. The Bertz CT molecular complexity index is 3390. The van der Waals surface area contributed by atoms with Gasteiger partial charge in [0.1, 0.15) is 0 Å². The van der Waals surface area contributed by atoms with E-state index in [1.807, 2.05) is 0 Å². The van der Waals surface area contributed by atoms with Crippen molar-refractivity contribution in [2.24, 2.45) is 0 Å². The van der Waals surface area contributed by atoms with Crippen LogP contribution in [0.15, 0.2) is 182 Å². The highest BCUT2D eigenvalue weighted by Gasteiger charge is 2.35. The van der Waals surface area contributed by atoms with Crippen LogP contribution >= 0.6 is 0 Å². The molecule has 11 aromatic rings. The number of aromatic nitrogens is 2. The van der Waals surface area contributed by atoms with Gasteiger partial charge in [-0.2, -0.15) is 0 Å². The molecule has 2 nitrogen and oxygen atoms in total. The summed E-state index contributed by atoms with van der Waals surface area (Å²) in [6, 6.07) is 66.5. The van der Waals surface area contributed by atoms with Gasteiger partial charge in [0.05, 0.1) is 11.2 Å². The summed E-state index contributed by atoms with van der Waals surface area (Å²) in [4.78, 5) is 10.6. The molecule has 1 aromatic heterocycles. The lowest BCUT2D eigenvalue weighted by molar-refractivity contribution is 0.660. The molecule has 266 valence electrons. The van der Waals surface area contributed by atoms with Crippen LogP contribution < -0.4 is 0 Å². The molecule has 57 heavy (non-hydrogen) atoms. The van der Waals surface area contributed by atoms with Crippen molar-refractivity contribution in [3.63, 3.8) is 0 Å². The Hall–Kier alpha value is -7.16. The lowest BCUT2D eigenvalue weighted by atomic mass is 9.81. The fourth-order valence-corrected chi connectivity index (χ4v) is 9.70. The minimum Gasteiger partial charge on any atom is -0.227 e. The third-order valence-electron chi connectivity index (χ3n) is 12.6. The van der Waals surface area contributed by atoms with Gasteiger partial charge in [-0.05, 0) is 94.3 Å². The second kappa shape index (κ2) is 11.9. The van der Waals surface area contributed by atoms with Gasteiger partial charge in [0.25, 0.3) is 0 Å². The minimum atomic E-state index is -0.0406. The maximum absolute atomic E-state index is 5.34. The van der Waals surface area contributed by atoms with Crippen molar-refractivity contribution in [2.45, 2.75) is 19.3 Å². The molecule has 0 aliphatic heterocycles. The van der Waals surface area contributed by atoms with E-state index in [9.17, 15) is 0 Å². The molecule has 1 aliphatic carbocycles. The average Bonchev–Trinajstić information content (AvgIpc) is 3.50. The van der Waals surface area contributed by atoms with E-state index in [0.29, 0.717) is 0 Å².